The fraction of sp³-hybridized carbons (Fsp3) is 0.381. The number of piperidine rings is 1. The van der Waals surface area contributed by atoms with Crippen LogP contribution in [-0.2, 0) is 11.4 Å². The van der Waals surface area contributed by atoms with Gasteiger partial charge in [-0.15, -0.1) is 35.5 Å². The zero-order valence-electron chi connectivity index (χ0n) is 15.9. The first kappa shape index (κ1) is 21.2. The molecule has 4 rings (SSSR count). The van der Waals surface area contributed by atoms with Crippen molar-refractivity contribution in [2.45, 2.75) is 36.5 Å². The van der Waals surface area contributed by atoms with E-state index in [2.05, 4.69) is 29.5 Å². The maximum atomic E-state index is 11.3. The molecule has 28 heavy (non-hydrogen) atoms. The van der Waals surface area contributed by atoms with Gasteiger partial charge in [-0.05, 0) is 56.5 Å². The first-order valence-corrected chi connectivity index (χ1v) is 10.9. The van der Waals surface area contributed by atoms with E-state index in [-0.39, 0.29) is 12.4 Å². The number of ether oxygens (including phenoxy) is 1. The minimum Gasteiger partial charge on any atom is -0.488 e. The van der Waals surface area contributed by atoms with Gasteiger partial charge in [-0.2, -0.15) is 0 Å². The van der Waals surface area contributed by atoms with E-state index in [0.29, 0.717) is 6.61 Å². The number of hydrogen-bond donors (Lipinski definition) is 1. The molecule has 2 aromatic rings. The van der Waals surface area contributed by atoms with E-state index in [1.807, 2.05) is 12.1 Å². The third kappa shape index (κ3) is 4.25. The number of carbonyl (C=O) groups is 1. The molecular weight excluding hydrogens is 414 g/mol. The van der Waals surface area contributed by atoms with Gasteiger partial charge in [0.25, 0.3) is 0 Å². The van der Waals surface area contributed by atoms with Gasteiger partial charge in [-0.3, -0.25) is 4.79 Å². The molecule has 3 heterocycles. The molecule has 1 aromatic carbocycles. The van der Waals surface area contributed by atoms with Crippen LogP contribution < -0.4 is 4.74 Å². The van der Waals surface area contributed by atoms with Gasteiger partial charge in [-0.1, -0.05) is 5.57 Å². The summed E-state index contributed by atoms with van der Waals surface area (Å²) < 4.78 is 6.12. The summed E-state index contributed by atoms with van der Waals surface area (Å²) in [6.45, 7) is 4.45. The number of thioether (sulfide) groups is 1. The Balaban J connectivity index is 0.00000225. The molecule has 1 aromatic heterocycles. The number of aliphatic carboxylic acids is 1. The number of carboxylic acids is 1. The van der Waals surface area contributed by atoms with E-state index in [1.165, 1.54) is 33.3 Å². The Bertz CT molecular complexity index is 899. The Morgan fingerprint density at radius 3 is 2.75 bits per heavy atom. The van der Waals surface area contributed by atoms with Crippen LogP contribution in [-0.4, -0.2) is 41.4 Å². The summed E-state index contributed by atoms with van der Waals surface area (Å²) in [6.07, 6.45) is 2.12. The predicted octanol–water partition coefficient (Wildman–Crippen LogP) is 5.16. The number of fused-ring (bicyclic) bond motifs is 2. The van der Waals surface area contributed by atoms with E-state index < -0.39 is 11.2 Å². The molecule has 1 saturated heterocycles. The molecule has 0 spiro atoms. The minimum atomic E-state index is -0.791. The number of rotatable bonds is 3. The molecule has 4 nitrogen and oxygen atoms in total. The third-order valence-electron chi connectivity index (χ3n) is 5.18. The van der Waals surface area contributed by atoms with Crippen molar-refractivity contribution in [3.8, 4) is 5.75 Å². The highest BCUT2D eigenvalue weighted by molar-refractivity contribution is 8.00. The minimum absolute atomic E-state index is 0. The van der Waals surface area contributed by atoms with E-state index in [0.717, 1.165) is 42.1 Å². The lowest BCUT2D eigenvalue weighted by Crippen LogP contribution is -2.26. The maximum absolute atomic E-state index is 11.3. The number of carboxylic acid groups (broad SMARTS) is 1. The Morgan fingerprint density at radius 1 is 1.29 bits per heavy atom. The smallest absolute Gasteiger partial charge is 0.316 e. The number of hydrogen-bond acceptors (Lipinski definition) is 5. The van der Waals surface area contributed by atoms with Crippen molar-refractivity contribution in [3.05, 3.63) is 51.2 Å². The molecule has 2 aliphatic rings. The van der Waals surface area contributed by atoms with E-state index in [9.17, 15) is 9.90 Å². The second-order valence-electron chi connectivity index (χ2n) is 7.10. The second-order valence-corrected chi connectivity index (χ2v) is 9.43. The molecule has 1 atom stereocenters. The average molecular weight is 438 g/mol. The standard InChI is InChI=1S/C21H23NO3S2.ClH/c1-13(21(23)24)27-16-3-4-18-17(11-16)19(14-5-8-22(2)9-6-14)20-15(12-25-18)7-10-26-20;/h3-4,7,10-11,13H,5-6,8-9,12H2,1-2H3,(H,23,24);1H. The molecule has 0 saturated carbocycles. The maximum Gasteiger partial charge on any atom is 0.316 e. The number of thiophene rings is 1. The first-order valence-electron chi connectivity index (χ1n) is 9.17. The normalized spacial score (nSPS) is 17.6. The van der Waals surface area contributed by atoms with Crippen molar-refractivity contribution in [2.75, 3.05) is 20.1 Å². The van der Waals surface area contributed by atoms with Crippen molar-refractivity contribution in [3.63, 3.8) is 0 Å². The van der Waals surface area contributed by atoms with Gasteiger partial charge in [0.1, 0.15) is 17.6 Å². The largest absolute Gasteiger partial charge is 0.488 e. The van der Waals surface area contributed by atoms with Crippen LogP contribution >= 0.6 is 35.5 Å². The van der Waals surface area contributed by atoms with E-state index >= 15 is 0 Å². The zero-order valence-corrected chi connectivity index (χ0v) is 18.4. The van der Waals surface area contributed by atoms with Gasteiger partial charge in [0.15, 0.2) is 0 Å². The summed E-state index contributed by atoms with van der Waals surface area (Å²) in [6, 6.07) is 8.25. The Kier molecular flexibility index (Phi) is 6.76. The van der Waals surface area contributed by atoms with Crippen LogP contribution in [0, 0.1) is 0 Å². The number of likely N-dealkylation sites (tertiary alicyclic amines) is 1. The molecule has 1 N–H and O–H groups in total. The number of nitrogens with zero attached hydrogens (tertiary/aromatic N) is 1. The quantitative estimate of drug-likeness (QED) is 0.672. The number of benzene rings is 1. The van der Waals surface area contributed by atoms with Gasteiger partial charge in [-0.25, -0.2) is 0 Å². The topological polar surface area (TPSA) is 49.8 Å². The second kappa shape index (κ2) is 8.91. The molecule has 0 radical (unpaired) electrons. The molecule has 150 valence electrons. The lowest BCUT2D eigenvalue weighted by molar-refractivity contribution is -0.136. The SMILES string of the molecule is CC(Sc1ccc2c(c1)C(=C1CCN(C)CC1)c1sccc1CO2)C(=O)O.Cl. The predicted molar refractivity (Wildman–Crippen MR) is 118 cm³/mol. The van der Waals surface area contributed by atoms with Crippen molar-refractivity contribution >= 4 is 47.0 Å². The van der Waals surface area contributed by atoms with Crippen molar-refractivity contribution in [2.24, 2.45) is 0 Å². The first-order chi connectivity index (χ1) is 13.0. The highest BCUT2D eigenvalue weighted by Crippen LogP contribution is 2.44. The van der Waals surface area contributed by atoms with Crippen LogP contribution in [0.3, 0.4) is 0 Å². The van der Waals surface area contributed by atoms with Crippen LogP contribution in [0.1, 0.15) is 35.8 Å². The summed E-state index contributed by atoms with van der Waals surface area (Å²) in [7, 11) is 2.17. The molecule has 1 fully saturated rings. The molecule has 0 amide bonds. The fourth-order valence-electron chi connectivity index (χ4n) is 3.59. The van der Waals surface area contributed by atoms with Gasteiger partial charge in [0.2, 0.25) is 0 Å². The Labute approximate surface area is 180 Å². The van der Waals surface area contributed by atoms with Crippen LogP contribution in [0.15, 0.2) is 40.1 Å². The Hall–Kier alpha value is -1.47. The molecule has 1 unspecified atom stereocenters. The number of halogens is 1. The molecule has 2 aliphatic heterocycles. The van der Waals surface area contributed by atoms with Crippen molar-refractivity contribution in [1.29, 1.82) is 0 Å². The summed E-state index contributed by atoms with van der Waals surface area (Å²) in [4.78, 5) is 15.9. The summed E-state index contributed by atoms with van der Waals surface area (Å²) in [5, 5.41) is 10.9. The van der Waals surface area contributed by atoms with Gasteiger partial charge in [0, 0.05) is 39.6 Å². The molecular formula is C21H24ClNO3S2. The fourth-order valence-corrected chi connectivity index (χ4v) is 5.45. The molecule has 7 heteroatoms. The third-order valence-corrected chi connectivity index (χ3v) is 7.24. The monoisotopic (exact) mass is 437 g/mol. The summed E-state index contributed by atoms with van der Waals surface area (Å²) >= 11 is 3.16. The van der Waals surface area contributed by atoms with Gasteiger partial charge in [0.05, 0.1) is 0 Å². The average Bonchev–Trinajstić information content (AvgIpc) is 3.05. The lowest BCUT2D eigenvalue weighted by Gasteiger charge is -2.26. The van der Waals surface area contributed by atoms with Crippen LogP contribution in [0.4, 0.5) is 0 Å². The highest BCUT2D eigenvalue weighted by Gasteiger charge is 2.26. The highest BCUT2D eigenvalue weighted by atomic mass is 35.5. The van der Waals surface area contributed by atoms with Crippen molar-refractivity contribution < 1.29 is 14.6 Å². The molecule has 0 bridgehead atoms. The zero-order chi connectivity index (χ0) is 19.0. The Morgan fingerprint density at radius 2 is 2.04 bits per heavy atom. The van der Waals surface area contributed by atoms with Gasteiger partial charge < -0.3 is 14.7 Å². The molecule has 0 aliphatic carbocycles. The summed E-state index contributed by atoms with van der Waals surface area (Å²) in [5.74, 6) is 0.104. The van der Waals surface area contributed by atoms with E-state index in [1.54, 1.807) is 18.3 Å². The van der Waals surface area contributed by atoms with Crippen molar-refractivity contribution in [1.82, 2.24) is 4.90 Å². The van der Waals surface area contributed by atoms with E-state index in [4.69, 9.17) is 4.74 Å². The van der Waals surface area contributed by atoms with Crippen LogP contribution in [0.2, 0.25) is 0 Å². The van der Waals surface area contributed by atoms with Crippen LogP contribution in [0.25, 0.3) is 5.57 Å². The lowest BCUT2D eigenvalue weighted by atomic mass is 9.91. The van der Waals surface area contributed by atoms with Crippen LogP contribution in [0.5, 0.6) is 5.75 Å². The van der Waals surface area contributed by atoms with Gasteiger partial charge >= 0.3 is 5.97 Å². The summed E-state index contributed by atoms with van der Waals surface area (Å²) in [5.41, 5.74) is 5.15.